The Morgan fingerprint density at radius 1 is 1.17 bits per heavy atom. The van der Waals surface area contributed by atoms with Gasteiger partial charge in [-0.25, -0.2) is 0 Å². The molecule has 0 saturated carbocycles. The summed E-state index contributed by atoms with van der Waals surface area (Å²) >= 11 is 0. The Kier molecular flexibility index (Phi) is 5.59. The molecule has 1 aliphatic carbocycles. The number of hydrogen-bond acceptors (Lipinski definition) is 2. The number of benzene rings is 1. The fraction of sp³-hybridized carbons (Fsp3) is 0.474. The Bertz CT molecular complexity index is 611. The molecule has 0 radical (unpaired) electrons. The van der Waals surface area contributed by atoms with Crippen molar-refractivity contribution in [3.8, 4) is 0 Å². The molecule has 4 nitrogen and oxygen atoms in total. The van der Waals surface area contributed by atoms with Crippen molar-refractivity contribution in [2.24, 2.45) is 5.92 Å². The topological polar surface area (TPSA) is 49.4 Å². The SMILES string of the molecule is Cc1cc(C)c(NC(=O)CN(C)C(=O)C2CC=CCC2)c(C)c1. The van der Waals surface area contributed by atoms with Gasteiger partial charge in [-0.05, 0) is 51.2 Å². The van der Waals surface area contributed by atoms with Crippen molar-refractivity contribution in [2.75, 3.05) is 18.9 Å². The normalized spacial score (nSPS) is 17.0. The molecule has 0 bridgehead atoms. The van der Waals surface area contributed by atoms with E-state index in [1.54, 1.807) is 7.05 Å². The van der Waals surface area contributed by atoms with Gasteiger partial charge in [0.2, 0.25) is 11.8 Å². The highest BCUT2D eigenvalue weighted by Gasteiger charge is 2.23. The monoisotopic (exact) mass is 314 g/mol. The second-order valence-corrected chi connectivity index (χ2v) is 6.50. The van der Waals surface area contributed by atoms with Crippen molar-refractivity contribution in [2.45, 2.75) is 40.0 Å². The highest BCUT2D eigenvalue weighted by atomic mass is 16.2. The third kappa shape index (κ3) is 4.44. The molecule has 0 aliphatic heterocycles. The molecule has 0 aromatic heterocycles. The Hall–Kier alpha value is -2.10. The molecule has 2 amide bonds. The number of anilines is 1. The summed E-state index contributed by atoms with van der Waals surface area (Å²) in [5.41, 5.74) is 4.11. The summed E-state index contributed by atoms with van der Waals surface area (Å²) in [5.74, 6) is -0.0789. The molecule has 0 heterocycles. The van der Waals surface area contributed by atoms with Crippen LogP contribution in [0.15, 0.2) is 24.3 Å². The van der Waals surface area contributed by atoms with Gasteiger partial charge in [0.1, 0.15) is 0 Å². The Morgan fingerprint density at radius 2 is 1.83 bits per heavy atom. The summed E-state index contributed by atoms with van der Waals surface area (Å²) in [6.07, 6.45) is 6.76. The lowest BCUT2D eigenvalue weighted by molar-refractivity contribution is -0.137. The van der Waals surface area contributed by atoms with Crippen LogP contribution >= 0.6 is 0 Å². The molecule has 0 saturated heterocycles. The maximum absolute atomic E-state index is 12.4. The Balaban J connectivity index is 1.96. The zero-order valence-corrected chi connectivity index (χ0v) is 14.5. The molecule has 2 rings (SSSR count). The van der Waals surface area contributed by atoms with Crippen LogP contribution < -0.4 is 5.32 Å². The van der Waals surface area contributed by atoms with Crippen LogP contribution in [-0.4, -0.2) is 30.3 Å². The largest absolute Gasteiger partial charge is 0.336 e. The van der Waals surface area contributed by atoms with E-state index in [2.05, 4.69) is 17.5 Å². The van der Waals surface area contributed by atoms with Crippen molar-refractivity contribution in [3.63, 3.8) is 0 Å². The molecular formula is C19H26N2O2. The minimum atomic E-state index is -0.151. The Labute approximate surface area is 138 Å². The van der Waals surface area contributed by atoms with Crippen LogP contribution in [0.1, 0.15) is 36.0 Å². The number of rotatable bonds is 4. The molecule has 1 aromatic carbocycles. The van der Waals surface area contributed by atoms with Gasteiger partial charge in [0.15, 0.2) is 0 Å². The van der Waals surface area contributed by atoms with Gasteiger partial charge in [-0.2, -0.15) is 0 Å². The molecular weight excluding hydrogens is 288 g/mol. The van der Waals surface area contributed by atoms with E-state index in [1.165, 1.54) is 10.5 Å². The first-order valence-electron chi connectivity index (χ1n) is 8.16. The molecule has 1 aliphatic rings. The minimum absolute atomic E-state index is 0.0145. The third-order valence-corrected chi connectivity index (χ3v) is 4.32. The maximum Gasteiger partial charge on any atom is 0.243 e. The van der Waals surface area contributed by atoms with Gasteiger partial charge in [-0.15, -0.1) is 0 Å². The van der Waals surface area contributed by atoms with Crippen molar-refractivity contribution in [1.82, 2.24) is 4.90 Å². The van der Waals surface area contributed by atoms with Crippen LogP contribution in [0.2, 0.25) is 0 Å². The fourth-order valence-corrected chi connectivity index (χ4v) is 3.18. The minimum Gasteiger partial charge on any atom is -0.336 e. The number of carbonyl (C=O) groups excluding carboxylic acids is 2. The van der Waals surface area contributed by atoms with Gasteiger partial charge < -0.3 is 10.2 Å². The summed E-state index contributed by atoms with van der Waals surface area (Å²) in [6.45, 7) is 6.10. The third-order valence-electron chi connectivity index (χ3n) is 4.32. The van der Waals surface area contributed by atoms with E-state index in [0.717, 1.165) is 36.1 Å². The van der Waals surface area contributed by atoms with E-state index in [1.807, 2.05) is 32.9 Å². The molecule has 124 valence electrons. The van der Waals surface area contributed by atoms with Crippen LogP contribution in [0.5, 0.6) is 0 Å². The summed E-state index contributed by atoms with van der Waals surface area (Å²) < 4.78 is 0. The van der Waals surface area contributed by atoms with Crippen LogP contribution in [-0.2, 0) is 9.59 Å². The van der Waals surface area contributed by atoms with Crippen molar-refractivity contribution < 1.29 is 9.59 Å². The van der Waals surface area contributed by atoms with E-state index in [0.29, 0.717) is 0 Å². The summed E-state index contributed by atoms with van der Waals surface area (Å²) in [6, 6.07) is 4.09. The second-order valence-electron chi connectivity index (χ2n) is 6.50. The van der Waals surface area contributed by atoms with E-state index in [9.17, 15) is 9.59 Å². The van der Waals surface area contributed by atoms with Gasteiger partial charge in [-0.1, -0.05) is 29.8 Å². The zero-order chi connectivity index (χ0) is 17.0. The molecule has 4 heteroatoms. The highest BCUT2D eigenvalue weighted by Crippen LogP contribution is 2.22. The van der Waals surface area contributed by atoms with Crippen LogP contribution in [0.3, 0.4) is 0 Å². The fourth-order valence-electron chi connectivity index (χ4n) is 3.18. The predicted molar refractivity (Wildman–Crippen MR) is 93.4 cm³/mol. The van der Waals surface area contributed by atoms with Crippen LogP contribution in [0, 0.1) is 26.7 Å². The molecule has 1 unspecified atom stereocenters. The number of hydrogen-bond donors (Lipinski definition) is 1. The van der Waals surface area contributed by atoms with Gasteiger partial charge in [0, 0.05) is 18.7 Å². The number of aryl methyl sites for hydroxylation is 3. The lowest BCUT2D eigenvalue weighted by Crippen LogP contribution is -2.39. The van der Waals surface area contributed by atoms with Crippen LogP contribution in [0.25, 0.3) is 0 Å². The lowest BCUT2D eigenvalue weighted by atomic mass is 9.93. The summed E-state index contributed by atoms with van der Waals surface area (Å²) in [4.78, 5) is 26.2. The smallest absolute Gasteiger partial charge is 0.243 e. The molecule has 23 heavy (non-hydrogen) atoms. The van der Waals surface area contributed by atoms with E-state index in [-0.39, 0.29) is 24.3 Å². The molecule has 0 spiro atoms. The average Bonchev–Trinajstić information content (AvgIpc) is 2.51. The molecule has 1 atom stereocenters. The quantitative estimate of drug-likeness (QED) is 0.866. The van der Waals surface area contributed by atoms with E-state index >= 15 is 0 Å². The first kappa shape index (κ1) is 17.3. The zero-order valence-electron chi connectivity index (χ0n) is 14.5. The number of amides is 2. The first-order valence-corrected chi connectivity index (χ1v) is 8.16. The summed E-state index contributed by atoms with van der Waals surface area (Å²) in [7, 11) is 1.70. The number of nitrogens with one attached hydrogen (secondary N) is 1. The molecule has 0 fully saturated rings. The maximum atomic E-state index is 12.4. The number of carbonyl (C=O) groups is 2. The number of allylic oxidation sites excluding steroid dienone is 2. The van der Waals surface area contributed by atoms with Gasteiger partial charge >= 0.3 is 0 Å². The Morgan fingerprint density at radius 3 is 2.39 bits per heavy atom. The van der Waals surface area contributed by atoms with E-state index in [4.69, 9.17) is 0 Å². The second kappa shape index (κ2) is 7.44. The summed E-state index contributed by atoms with van der Waals surface area (Å²) in [5, 5.41) is 2.95. The van der Waals surface area contributed by atoms with Crippen molar-refractivity contribution in [3.05, 3.63) is 41.0 Å². The number of nitrogens with zero attached hydrogens (tertiary/aromatic N) is 1. The lowest BCUT2D eigenvalue weighted by Gasteiger charge is -2.24. The van der Waals surface area contributed by atoms with Gasteiger partial charge in [-0.3, -0.25) is 9.59 Å². The molecule has 1 aromatic rings. The first-order chi connectivity index (χ1) is 10.9. The van der Waals surface area contributed by atoms with Crippen molar-refractivity contribution in [1.29, 1.82) is 0 Å². The average molecular weight is 314 g/mol. The molecule has 1 N–H and O–H groups in total. The van der Waals surface area contributed by atoms with E-state index < -0.39 is 0 Å². The van der Waals surface area contributed by atoms with Gasteiger partial charge in [0.05, 0.1) is 6.54 Å². The van der Waals surface area contributed by atoms with Crippen molar-refractivity contribution >= 4 is 17.5 Å². The highest BCUT2D eigenvalue weighted by molar-refractivity contribution is 5.96. The predicted octanol–water partition coefficient (Wildman–Crippen LogP) is 3.37. The van der Waals surface area contributed by atoms with Crippen LogP contribution in [0.4, 0.5) is 5.69 Å². The van der Waals surface area contributed by atoms with Gasteiger partial charge in [0.25, 0.3) is 0 Å². The standard InChI is InChI=1S/C19H26N2O2/c1-13-10-14(2)18(15(3)11-13)20-17(22)12-21(4)19(23)16-8-6-5-7-9-16/h5-6,10-11,16H,7-9,12H2,1-4H3,(H,20,22). The number of likely N-dealkylation sites (N-methyl/N-ethyl adjacent to an activating group) is 1.